The van der Waals surface area contributed by atoms with Gasteiger partial charge in [0.15, 0.2) is 5.79 Å². The van der Waals surface area contributed by atoms with Crippen LogP contribution in [0.1, 0.15) is 53.4 Å². The van der Waals surface area contributed by atoms with Gasteiger partial charge in [-0.1, -0.05) is 13.8 Å². The molecule has 3 rings (SSSR count). The summed E-state index contributed by atoms with van der Waals surface area (Å²) in [5.74, 6) is 1.11. The zero-order valence-electron chi connectivity index (χ0n) is 14.6. The van der Waals surface area contributed by atoms with E-state index < -0.39 is 5.79 Å². The number of carbonyl (C=O) groups is 3. The molecule has 2 saturated carbocycles. The number of hydrogen-bond acceptors (Lipinski definition) is 5. The zero-order chi connectivity index (χ0) is 17.2. The topological polar surface area (TPSA) is 69.7 Å². The summed E-state index contributed by atoms with van der Waals surface area (Å²) in [6.45, 7) is 8.66. The van der Waals surface area contributed by atoms with Gasteiger partial charge in [-0.2, -0.15) is 0 Å². The monoisotopic (exact) mass is 324 g/mol. The molecule has 3 aliphatic rings. The summed E-state index contributed by atoms with van der Waals surface area (Å²) < 4.78 is 11.2. The lowest BCUT2D eigenvalue weighted by molar-refractivity contribution is -0.155. The molecule has 1 heterocycles. The molecule has 0 aromatic rings. The average Bonchev–Trinajstić information content (AvgIpc) is 3.12. The molecule has 1 saturated heterocycles. The maximum Gasteiger partial charge on any atom is 0.169 e. The summed E-state index contributed by atoms with van der Waals surface area (Å²) in [6, 6.07) is 0. The first-order chi connectivity index (χ1) is 10.7. The van der Waals surface area contributed by atoms with Gasteiger partial charge in [0.2, 0.25) is 0 Å². The second-order valence-corrected chi connectivity index (χ2v) is 7.35. The van der Waals surface area contributed by atoms with Gasteiger partial charge in [-0.05, 0) is 25.7 Å². The molecular weight excluding hydrogens is 296 g/mol. The smallest absolute Gasteiger partial charge is 0.169 e. The molecule has 0 aromatic heterocycles. The molecule has 1 spiro atoms. The van der Waals surface area contributed by atoms with E-state index in [1.54, 1.807) is 13.8 Å². The third kappa shape index (κ3) is 4.27. The van der Waals surface area contributed by atoms with E-state index in [1.807, 2.05) is 6.92 Å². The first-order valence-corrected chi connectivity index (χ1v) is 8.54. The van der Waals surface area contributed by atoms with E-state index in [-0.39, 0.29) is 35.1 Å². The van der Waals surface area contributed by atoms with Crippen molar-refractivity contribution in [3.63, 3.8) is 0 Å². The van der Waals surface area contributed by atoms with E-state index in [9.17, 15) is 14.4 Å². The fourth-order valence-electron chi connectivity index (χ4n) is 4.11. The van der Waals surface area contributed by atoms with Crippen LogP contribution in [0, 0.1) is 23.7 Å². The second-order valence-electron chi connectivity index (χ2n) is 7.35. The minimum atomic E-state index is -0.407. The lowest BCUT2D eigenvalue weighted by atomic mass is 9.95. The van der Waals surface area contributed by atoms with Crippen LogP contribution in [0.15, 0.2) is 0 Å². The normalized spacial score (nSPS) is 35.2. The molecule has 0 radical (unpaired) electrons. The van der Waals surface area contributed by atoms with Gasteiger partial charge in [-0.15, -0.1) is 0 Å². The van der Waals surface area contributed by atoms with E-state index in [2.05, 4.69) is 6.92 Å². The fourth-order valence-corrected chi connectivity index (χ4v) is 4.11. The number of hydrogen-bond donors (Lipinski definition) is 0. The van der Waals surface area contributed by atoms with Crippen LogP contribution in [0.5, 0.6) is 0 Å². The number of Topliss-reactive ketones (excluding diaryl/α,β-unsaturated/α-hetero) is 3. The maximum absolute atomic E-state index is 11.3. The third-order valence-corrected chi connectivity index (χ3v) is 5.39. The molecule has 1 aliphatic heterocycles. The molecule has 0 bridgehead atoms. The van der Waals surface area contributed by atoms with Crippen LogP contribution in [0.4, 0.5) is 0 Å². The number of ether oxygens (including phenoxy) is 2. The predicted octanol–water partition coefficient (Wildman–Crippen LogP) is 2.56. The van der Waals surface area contributed by atoms with Crippen molar-refractivity contribution >= 4 is 17.3 Å². The fraction of sp³-hybridized carbons (Fsp3) is 0.833. The standard InChI is InChI=1S/C10H16O3.C8H12O2/c1-7-5-10(12-3-4-13-10)6-9(7)8(2)11;1-5-3-7(10)4-8(5)6(2)9/h7,9H,3-6H2,1-2H3;5,8H,3-4H2,1-2H3. The highest BCUT2D eigenvalue weighted by molar-refractivity contribution is 5.90. The molecule has 0 amide bonds. The Hall–Kier alpha value is -1.07. The van der Waals surface area contributed by atoms with Crippen LogP contribution in [-0.2, 0) is 23.9 Å². The number of carbonyl (C=O) groups excluding carboxylic acids is 3. The van der Waals surface area contributed by atoms with Crippen LogP contribution in [0.3, 0.4) is 0 Å². The van der Waals surface area contributed by atoms with Gasteiger partial charge in [0, 0.05) is 37.5 Å². The molecule has 130 valence electrons. The van der Waals surface area contributed by atoms with Gasteiger partial charge in [0.05, 0.1) is 13.2 Å². The van der Waals surface area contributed by atoms with Gasteiger partial charge in [0.1, 0.15) is 17.3 Å². The molecule has 3 fully saturated rings. The summed E-state index contributed by atoms with van der Waals surface area (Å²) in [5.41, 5.74) is 0. The van der Waals surface area contributed by atoms with Gasteiger partial charge in [0.25, 0.3) is 0 Å². The quantitative estimate of drug-likeness (QED) is 0.781. The number of ketones is 3. The highest BCUT2D eigenvalue weighted by Gasteiger charge is 2.49. The van der Waals surface area contributed by atoms with Crippen molar-refractivity contribution in [2.24, 2.45) is 23.7 Å². The lowest BCUT2D eigenvalue weighted by Crippen LogP contribution is -2.26. The first kappa shape index (κ1) is 18.3. The van der Waals surface area contributed by atoms with Crippen LogP contribution < -0.4 is 0 Å². The van der Waals surface area contributed by atoms with Gasteiger partial charge >= 0.3 is 0 Å². The summed E-state index contributed by atoms with van der Waals surface area (Å²) in [4.78, 5) is 33.0. The Balaban J connectivity index is 0.000000174. The zero-order valence-corrected chi connectivity index (χ0v) is 14.6. The predicted molar refractivity (Wildman–Crippen MR) is 84.8 cm³/mol. The van der Waals surface area contributed by atoms with Crippen molar-refractivity contribution in [1.29, 1.82) is 0 Å². The summed E-state index contributed by atoms with van der Waals surface area (Å²) in [6.07, 6.45) is 2.71. The Morgan fingerprint density at radius 3 is 1.83 bits per heavy atom. The van der Waals surface area contributed by atoms with Gasteiger partial charge in [-0.3, -0.25) is 14.4 Å². The molecule has 5 nitrogen and oxygen atoms in total. The Morgan fingerprint density at radius 1 is 0.913 bits per heavy atom. The highest BCUT2D eigenvalue weighted by atomic mass is 16.7. The summed E-state index contributed by atoms with van der Waals surface area (Å²) in [5, 5.41) is 0. The molecule has 23 heavy (non-hydrogen) atoms. The first-order valence-electron chi connectivity index (χ1n) is 8.54. The molecule has 2 aliphatic carbocycles. The highest BCUT2D eigenvalue weighted by Crippen LogP contribution is 2.44. The minimum Gasteiger partial charge on any atom is -0.348 e. The van der Waals surface area contributed by atoms with Crippen molar-refractivity contribution in [3.05, 3.63) is 0 Å². The van der Waals surface area contributed by atoms with Crippen LogP contribution >= 0.6 is 0 Å². The van der Waals surface area contributed by atoms with Crippen LogP contribution in [0.25, 0.3) is 0 Å². The molecule has 0 aromatic carbocycles. The molecule has 4 unspecified atom stereocenters. The van der Waals surface area contributed by atoms with Crippen molar-refractivity contribution in [2.75, 3.05) is 13.2 Å². The minimum absolute atomic E-state index is 0.0208. The third-order valence-electron chi connectivity index (χ3n) is 5.39. The van der Waals surface area contributed by atoms with Gasteiger partial charge < -0.3 is 9.47 Å². The number of rotatable bonds is 2. The van der Waals surface area contributed by atoms with Gasteiger partial charge in [-0.25, -0.2) is 0 Å². The summed E-state index contributed by atoms with van der Waals surface area (Å²) in [7, 11) is 0. The van der Waals surface area contributed by atoms with Crippen LogP contribution in [-0.4, -0.2) is 36.4 Å². The van der Waals surface area contributed by atoms with Crippen molar-refractivity contribution in [2.45, 2.75) is 59.2 Å². The van der Waals surface area contributed by atoms with Crippen molar-refractivity contribution < 1.29 is 23.9 Å². The Kier molecular flexibility index (Phi) is 5.74. The molecule has 4 atom stereocenters. The molecule has 0 N–H and O–H groups in total. The Labute approximate surface area is 138 Å². The second kappa shape index (κ2) is 7.22. The molecular formula is C18H28O5. The van der Waals surface area contributed by atoms with Crippen LogP contribution in [0.2, 0.25) is 0 Å². The largest absolute Gasteiger partial charge is 0.348 e. The molecule has 5 heteroatoms. The van der Waals surface area contributed by atoms with E-state index in [0.717, 1.165) is 12.8 Å². The van der Waals surface area contributed by atoms with Crippen molar-refractivity contribution in [3.8, 4) is 0 Å². The Bertz CT molecular complexity index is 478. The van der Waals surface area contributed by atoms with Crippen molar-refractivity contribution in [1.82, 2.24) is 0 Å². The van der Waals surface area contributed by atoms with E-state index >= 15 is 0 Å². The van der Waals surface area contributed by atoms with E-state index in [0.29, 0.717) is 32.0 Å². The Morgan fingerprint density at radius 2 is 1.48 bits per heavy atom. The average molecular weight is 324 g/mol. The lowest BCUT2D eigenvalue weighted by Gasteiger charge is -2.21. The van der Waals surface area contributed by atoms with E-state index in [4.69, 9.17) is 9.47 Å². The van der Waals surface area contributed by atoms with E-state index in [1.165, 1.54) is 0 Å². The summed E-state index contributed by atoms with van der Waals surface area (Å²) >= 11 is 0. The maximum atomic E-state index is 11.3. The SMILES string of the molecule is CC(=O)C1CC(=O)CC1C.CC(=O)C1CC2(CC1C)OCCO2.